The number of hydrogen-bond acceptors (Lipinski definition) is 12. The van der Waals surface area contributed by atoms with Crippen molar-refractivity contribution in [3.63, 3.8) is 0 Å². The van der Waals surface area contributed by atoms with Crippen LogP contribution in [0.2, 0.25) is 0 Å². The number of nitrogens with zero attached hydrogens (tertiary/aromatic N) is 4. The van der Waals surface area contributed by atoms with Crippen LogP contribution in [0.3, 0.4) is 0 Å². The van der Waals surface area contributed by atoms with E-state index in [9.17, 15) is 37.8 Å². The number of aliphatic hydroxyl groups excluding tert-OH is 3. The first-order chi connectivity index (χ1) is 19.5. The third-order valence-electron chi connectivity index (χ3n) is 6.04. The molecule has 3 aromatic rings. The average Bonchev–Trinajstić information content (AvgIpc) is 3.34. The molecule has 3 rings (SSSR count). The van der Waals surface area contributed by atoms with Gasteiger partial charge in [0.2, 0.25) is 9.84 Å². The molecule has 0 aliphatic carbocycles. The molecule has 7 N–H and O–H groups in total. The number of aliphatic hydroxyl groups is 3. The first-order valence-corrected chi connectivity index (χ1v) is 17.5. The largest absolute Gasteiger partial charge is 0.386 e. The average molecular weight is 650 g/mol. The molecular weight excluding hydrogens is 616 g/mol. The van der Waals surface area contributed by atoms with Gasteiger partial charge in [-0.15, -0.1) is 0 Å². The lowest BCUT2D eigenvalue weighted by Crippen LogP contribution is -2.37. The SMILES string of the molecule is C/C=C(/COP(=O)(O)CP(=O)(O)O)[C@@H](O)[C@@H](O)[C@@H](O)n1cnc2c(NCc3ccccc3)nc(S(=O)(=O)C(C)C)nc21. The monoisotopic (exact) mass is 649 g/mol. The molecular formula is C23H33N5O11P2S. The molecule has 232 valence electrons. The van der Waals surface area contributed by atoms with Gasteiger partial charge in [-0.1, -0.05) is 36.4 Å². The number of sulfone groups is 1. The van der Waals surface area contributed by atoms with E-state index in [1.807, 2.05) is 30.3 Å². The second-order valence-electron chi connectivity index (χ2n) is 9.54. The molecule has 0 aliphatic heterocycles. The Balaban J connectivity index is 1.94. The minimum atomic E-state index is -4.90. The molecule has 0 fully saturated rings. The Kier molecular flexibility index (Phi) is 10.8. The Hall–Kier alpha value is -2.56. The summed E-state index contributed by atoms with van der Waals surface area (Å²) in [6.45, 7) is 3.70. The van der Waals surface area contributed by atoms with E-state index < -0.39 is 66.4 Å². The van der Waals surface area contributed by atoms with E-state index >= 15 is 0 Å². The summed E-state index contributed by atoms with van der Waals surface area (Å²) in [5, 5.41) is 34.1. The molecule has 2 aromatic heterocycles. The minimum Gasteiger partial charge on any atom is -0.386 e. The summed E-state index contributed by atoms with van der Waals surface area (Å²) < 4.78 is 54.6. The van der Waals surface area contributed by atoms with Crippen LogP contribution in [-0.2, 0) is 30.0 Å². The maximum absolute atomic E-state index is 13.0. The number of fused-ring (bicyclic) bond motifs is 1. The molecule has 1 aromatic carbocycles. The molecule has 0 bridgehead atoms. The number of hydrogen-bond donors (Lipinski definition) is 7. The van der Waals surface area contributed by atoms with Gasteiger partial charge in [0, 0.05) is 6.54 Å². The van der Waals surface area contributed by atoms with E-state index in [2.05, 4.69) is 20.3 Å². The Bertz CT molecular complexity index is 1630. The lowest BCUT2D eigenvalue weighted by molar-refractivity contribution is -0.0796. The van der Waals surface area contributed by atoms with E-state index in [0.29, 0.717) is 0 Å². The highest BCUT2D eigenvalue weighted by Gasteiger charge is 2.35. The Morgan fingerprint density at radius 1 is 1.10 bits per heavy atom. The number of benzene rings is 1. The topological polar surface area (TPSA) is 255 Å². The molecule has 0 spiro atoms. The van der Waals surface area contributed by atoms with Gasteiger partial charge in [-0.05, 0) is 31.9 Å². The van der Waals surface area contributed by atoms with Crippen LogP contribution in [0.5, 0.6) is 0 Å². The van der Waals surface area contributed by atoms with Gasteiger partial charge < -0.3 is 39.8 Å². The fourth-order valence-electron chi connectivity index (χ4n) is 3.67. The fourth-order valence-corrected chi connectivity index (χ4v) is 7.06. The van der Waals surface area contributed by atoms with Crippen molar-refractivity contribution in [2.45, 2.75) is 56.2 Å². The van der Waals surface area contributed by atoms with Gasteiger partial charge in [0.25, 0.3) is 5.16 Å². The van der Waals surface area contributed by atoms with Gasteiger partial charge in [0.15, 0.2) is 29.1 Å². The third kappa shape index (κ3) is 8.29. The Labute approximate surface area is 241 Å². The predicted molar refractivity (Wildman–Crippen MR) is 151 cm³/mol. The lowest BCUT2D eigenvalue weighted by atomic mass is 10.0. The molecule has 1 unspecified atom stereocenters. The molecule has 2 heterocycles. The second kappa shape index (κ2) is 13.4. The van der Waals surface area contributed by atoms with Crippen LogP contribution in [0, 0.1) is 0 Å². The summed E-state index contributed by atoms with van der Waals surface area (Å²) in [6, 6.07) is 9.14. The molecule has 0 saturated heterocycles. The second-order valence-corrected chi connectivity index (χ2v) is 15.9. The summed E-state index contributed by atoms with van der Waals surface area (Å²) in [5.74, 6) is -1.42. The maximum atomic E-state index is 13.0. The van der Waals surface area contributed by atoms with Gasteiger partial charge in [0.05, 0.1) is 18.2 Å². The van der Waals surface area contributed by atoms with Gasteiger partial charge in [-0.3, -0.25) is 13.7 Å². The van der Waals surface area contributed by atoms with Crippen LogP contribution in [-0.4, -0.2) is 87.9 Å². The quantitative estimate of drug-likeness (QED) is 0.0734. The zero-order valence-corrected chi connectivity index (χ0v) is 25.4. The van der Waals surface area contributed by atoms with Crippen molar-refractivity contribution in [2.24, 2.45) is 0 Å². The van der Waals surface area contributed by atoms with Crippen LogP contribution in [0.25, 0.3) is 11.2 Å². The van der Waals surface area contributed by atoms with E-state index in [-0.39, 0.29) is 29.1 Å². The van der Waals surface area contributed by atoms with Gasteiger partial charge in [-0.25, -0.2) is 13.4 Å². The van der Waals surface area contributed by atoms with Crippen molar-refractivity contribution in [3.8, 4) is 0 Å². The summed E-state index contributed by atoms with van der Waals surface area (Å²) in [4.78, 5) is 40.0. The number of rotatable bonds is 14. The predicted octanol–water partition coefficient (Wildman–Crippen LogP) is 1.12. The Morgan fingerprint density at radius 3 is 2.31 bits per heavy atom. The number of anilines is 1. The normalized spacial score (nSPS) is 16.8. The van der Waals surface area contributed by atoms with Gasteiger partial charge >= 0.3 is 15.2 Å². The van der Waals surface area contributed by atoms with Crippen LogP contribution in [0.4, 0.5) is 5.82 Å². The minimum absolute atomic E-state index is 0.0374. The summed E-state index contributed by atoms with van der Waals surface area (Å²) in [5.41, 5.74) is 0.527. The van der Waals surface area contributed by atoms with Crippen LogP contribution >= 0.6 is 15.2 Å². The van der Waals surface area contributed by atoms with Crippen molar-refractivity contribution >= 4 is 42.0 Å². The smallest absolute Gasteiger partial charge is 0.340 e. The van der Waals surface area contributed by atoms with Crippen LogP contribution in [0.1, 0.15) is 32.6 Å². The van der Waals surface area contributed by atoms with Gasteiger partial charge in [-0.2, -0.15) is 9.97 Å². The molecule has 4 atom stereocenters. The maximum Gasteiger partial charge on any atom is 0.340 e. The molecule has 0 amide bonds. The summed E-state index contributed by atoms with van der Waals surface area (Å²) >= 11 is 0. The van der Waals surface area contributed by atoms with Gasteiger partial charge in [0.1, 0.15) is 12.2 Å². The first-order valence-electron chi connectivity index (χ1n) is 12.4. The van der Waals surface area contributed by atoms with E-state index in [1.165, 1.54) is 26.8 Å². The molecule has 0 saturated carbocycles. The number of nitrogens with one attached hydrogen (secondary N) is 1. The molecule has 0 radical (unpaired) electrons. The highest BCUT2D eigenvalue weighted by Crippen LogP contribution is 2.55. The van der Waals surface area contributed by atoms with Crippen molar-refractivity contribution in [3.05, 3.63) is 53.9 Å². The fraction of sp³-hybridized carbons (Fsp3) is 0.435. The van der Waals surface area contributed by atoms with E-state index in [4.69, 9.17) is 14.3 Å². The summed E-state index contributed by atoms with van der Waals surface area (Å²) in [6.07, 6.45) is -3.63. The summed E-state index contributed by atoms with van der Waals surface area (Å²) in [7, 11) is -13.7. The van der Waals surface area contributed by atoms with E-state index in [0.717, 1.165) is 16.5 Å². The Morgan fingerprint density at radius 2 is 1.74 bits per heavy atom. The highest BCUT2D eigenvalue weighted by atomic mass is 32.2. The van der Waals surface area contributed by atoms with Crippen LogP contribution in [0.15, 0.2) is 53.5 Å². The standard InChI is InChI=1S/C23H33N5O11P2S/c1-4-16(11-39-41(35,36)13-40(32,33)34)18(29)19(30)22(31)28-12-25-17-20(24-10-15-8-6-5-7-9-15)26-23(27-21(17)28)42(37,38)14(2)3/h4-9,12,14,18-19,22,29-31H,10-11,13H2,1-3H3,(H,35,36)(H,24,26,27)(H2,32,33,34)/b16-4-/t18-,19-,22-/m1/s1. The van der Waals surface area contributed by atoms with Crippen molar-refractivity contribution < 1.29 is 52.1 Å². The zero-order chi connectivity index (χ0) is 31.5. The first kappa shape index (κ1) is 33.9. The van der Waals surface area contributed by atoms with Crippen molar-refractivity contribution in [1.29, 1.82) is 0 Å². The zero-order valence-electron chi connectivity index (χ0n) is 22.8. The van der Waals surface area contributed by atoms with Crippen molar-refractivity contribution in [2.75, 3.05) is 17.8 Å². The lowest BCUT2D eigenvalue weighted by Gasteiger charge is -2.26. The molecule has 16 nitrogen and oxygen atoms in total. The number of allylic oxidation sites excluding steroid dienone is 1. The molecule has 42 heavy (non-hydrogen) atoms. The number of aromatic nitrogens is 4. The number of imidazole rings is 1. The van der Waals surface area contributed by atoms with Crippen molar-refractivity contribution in [1.82, 2.24) is 19.5 Å². The molecule has 0 aliphatic rings. The highest BCUT2D eigenvalue weighted by molar-refractivity contribution is 7.91. The van der Waals surface area contributed by atoms with Crippen LogP contribution < -0.4 is 5.32 Å². The van der Waals surface area contributed by atoms with E-state index in [1.54, 1.807) is 0 Å². The molecule has 19 heteroatoms. The third-order valence-corrected chi connectivity index (χ3v) is 11.4.